The van der Waals surface area contributed by atoms with Crippen LogP contribution in [0.25, 0.3) is 17.0 Å². The SMILES string of the molecule is C=CCn1nc(SCC(=C)C)n2c(=O)c3c(nc12)-c1ccccc1CC3(C)CC. The van der Waals surface area contributed by atoms with Gasteiger partial charge >= 0.3 is 0 Å². The van der Waals surface area contributed by atoms with Crippen molar-refractivity contribution in [2.45, 2.75) is 50.7 Å². The van der Waals surface area contributed by atoms with Gasteiger partial charge in [-0.15, -0.1) is 11.7 Å². The average molecular weight is 407 g/mol. The Morgan fingerprint density at radius 2 is 2.14 bits per heavy atom. The largest absolute Gasteiger partial charge is 0.268 e. The average Bonchev–Trinajstić information content (AvgIpc) is 3.04. The van der Waals surface area contributed by atoms with Crippen LogP contribution in [0.1, 0.15) is 38.3 Å². The van der Waals surface area contributed by atoms with Crippen molar-refractivity contribution in [3.05, 3.63) is 70.6 Å². The highest BCUT2D eigenvalue weighted by molar-refractivity contribution is 7.99. The summed E-state index contributed by atoms with van der Waals surface area (Å²) in [6, 6.07) is 8.28. The Bertz CT molecular complexity index is 1190. The van der Waals surface area contributed by atoms with Crippen molar-refractivity contribution in [3.63, 3.8) is 0 Å². The Morgan fingerprint density at radius 3 is 2.83 bits per heavy atom. The third-order valence-electron chi connectivity index (χ3n) is 5.68. The molecule has 1 atom stereocenters. The van der Waals surface area contributed by atoms with Gasteiger partial charge in [-0.05, 0) is 25.3 Å². The van der Waals surface area contributed by atoms with Gasteiger partial charge in [0, 0.05) is 16.7 Å². The molecule has 4 rings (SSSR count). The van der Waals surface area contributed by atoms with Crippen molar-refractivity contribution >= 4 is 17.5 Å². The molecule has 0 spiro atoms. The van der Waals surface area contributed by atoms with Crippen molar-refractivity contribution < 1.29 is 0 Å². The van der Waals surface area contributed by atoms with Crippen LogP contribution in [0.15, 0.2) is 59.0 Å². The summed E-state index contributed by atoms with van der Waals surface area (Å²) in [5.74, 6) is 1.27. The fourth-order valence-corrected chi connectivity index (χ4v) is 4.85. The molecule has 0 saturated heterocycles. The molecule has 0 aliphatic heterocycles. The number of aromatic nitrogens is 4. The van der Waals surface area contributed by atoms with E-state index in [-0.39, 0.29) is 11.0 Å². The number of thioether (sulfide) groups is 1. The second kappa shape index (κ2) is 7.34. The van der Waals surface area contributed by atoms with Crippen LogP contribution in [-0.2, 0) is 18.4 Å². The van der Waals surface area contributed by atoms with Crippen LogP contribution in [0.3, 0.4) is 0 Å². The van der Waals surface area contributed by atoms with Crippen LogP contribution in [-0.4, -0.2) is 24.9 Å². The van der Waals surface area contributed by atoms with Gasteiger partial charge in [-0.1, -0.05) is 68.1 Å². The van der Waals surface area contributed by atoms with Gasteiger partial charge in [-0.25, -0.2) is 14.1 Å². The van der Waals surface area contributed by atoms with E-state index in [9.17, 15) is 4.79 Å². The van der Waals surface area contributed by atoms with E-state index in [2.05, 4.69) is 50.3 Å². The molecular formula is C23H26N4OS. The minimum Gasteiger partial charge on any atom is -0.268 e. The molecule has 1 aliphatic carbocycles. The van der Waals surface area contributed by atoms with E-state index >= 15 is 0 Å². The summed E-state index contributed by atoms with van der Waals surface area (Å²) in [5, 5.41) is 5.34. The molecule has 29 heavy (non-hydrogen) atoms. The molecule has 2 aromatic heterocycles. The number of allylic oxidation sites excluding steroid dienone is 1. The molecule has 0 saturated carbocycles. The highest BCUT2D eigenvalue weighted by Gasteiger charge is 2.38. The van der Waals surface area contributed by atoms with Gasteiger partial charge < -0.3 is 0 Å². The Labute approximate surface area is 175 Å². The summed E-state index contributed by atoms with van der Waals surface area (Å²) in [5.41, 5.74) is 4.65. The molecule has 0 N–H and O–H groups in total. The molecule has 0 radical (unpaired) electrons. The van der Waals surface area contributed by atoms with E-state index in [4.69, 9.17) is 4.98 Å². The van der Waals surface area contributed by atoms with Crippen LogP contribution in [0.5, 0.6) is 0 Å². The number of fused-ring (bicyclic) bond motifs is 4. The molecule has 1 aromatic carbocycles. The molecule has 2 heterocycles. The first-order valence-electron chi connectivity index (χ1n) is 9.90. The summed E-state index contributed by atoms with van der Waals surface area (Å²) >= 11 is 1.52. The fraction of sp³-hybridized carbons (Fsp3) is 0.348. The fourth-order valence-electron chi connectivity index (χ4n) is 4.03. The minimum atomic E-state index is -0.258. The quantitative estimate of drug-likeness (QED) is 0.442. The van der Waals surface area contributed by atoms with Gasteiger partial charge in [-0.2, -0.15) is 0 Å². The van der Waals surface area contributed by atoms with Gasteiger partial charge in [0.2, 0.25) is 5.78 Å². The monoisotopic (exact) mass is 406 g/mol. The first-order chi connectivity index (χ1) is 13.9. The van der Waals surface area contributed by atoms with Crippen molar-refractivity contribution in [2.75, 3.05) is 5.75 Å². The van der Waals surface area contributed by atoms with E-state index in [1.807, 2.05) is 13.0 Å². The Kier molecular flexibility index (Phi) is 4.99. The number of nitrogens with zero attached hydrogens (tertiary/aromatic N) is 4. The molecule has 1 aliphatic rings. The molecule has 0 bridgehead atoms. The summed E-state index contributed by atoms with van der Waals surface area (Å²) in [6.07, 6.45) is 3.48. The molecule has 150 valence electrons. The van der Waals surface area contributed by atoms with Crippen molar-refractivity contribution in [1.82, 2.24) is 19.2 Å². The smallest absolute Gasteiger partial charge is 0.265 e. The van der Waals surface area contributed by atoms with E-state index in [0.29, 0.717) is 23.2 Å². The summed E-state index contributed by atoms with van der Waals surface area (Å²) in [7, 11) is 0. The lowest BCUT2D eigenvalue weighted by molar-refractivity contribution is 0.439. The maximum absolute atomic E-state index is 13.8. The molecule has 3 aromatic rings. The van der Waals surface area contributed by atoms with E-state index in [1.54, 1.807) is 15.2 Å². The van der Waals surface area contributed by atoms with Crippen LogP contribution < -0.4 is 5.56 Å². The van der Waals surface area contributed by atoms with Crippen LogP contribution in [0.4, 0.5) is 0 Å². The third kappa shape index (κ3) is 3.15. The van der Waals surface area contributed by atoms with Crippen LogP contribution in [0, 0.1) is 0 Å². The number of benzene rings is 1. The molecule has 5 nitrogen and oxygen atoms in total. The van der Waals surface area contributed by atoms with Gasteiger partial charge in [0.25, 0.3) is 5.56 Å². The van der Waals surface area contributed by atoms with Gasteiger partial charge in [0.1, 0.15) is 0 Å². The first kappa shape index (κ1) is 19.7. The Morgan fingerprint density at radius 1 is 1.38 bits per heavy atom. The normalized spacial score (nSPS) is 17.8. The third-order valence-corrected chi connectivity index (χ3v) is 6.84. The predicted molar refractivity (Wildman–Crippen MR) is 120 cm³/mol. The van der Waals surface area contributed by atoms with E-state index in [0.717, 1.165) is 35.2 Å². The number of hydrogen-bond donors (Lipinski definition) is 0. The highest BCUT2D eigenvalue weighted by atomic mass is 32.2. The number of rotatable bonds is 6. The zero-order valence-electron chi connectivity index (χ0n) is 17.2. The molecule has 0 fully saturated rings. The standard InChI is InChI=1S/C23H26N4OS/c1-6-12-26-21-24-19-17-11-9-8-10-16(17)13-23(5,7-2)18(19)20(28)27(21)22(25-26)29-14-15(3)4/h6,8-11H,1,3,7,12-14H2,2,4-5H3. The summed E-state index contributed by atoms with van der Waals surface area (Å²) in [4.78, 5) is 18.9. The summed E-state index contributed by atoms with van der Waals surface area (Å²) < 4.78 is 3.44. The van der Waals surface area contributed by atoms with Crippen molar-refractivity contribution in [3.8, 4) is 11.3 Å². The van der Waals surface area contributed by atoms with E-state index in [1.165, 1.54) is 17.3 Å². The van der Waals surface area contributed by atoms with Gasteiger partial charge in [0.15, 0.2) is 5.16 Å². The minimum absolute atomic E-state index is 0.0108. The van der Waals surface area contributed by atoms with Crippen LogP contribution in [0.2, 0.25) is 0 Å². The Hall–Kier alpha value is -2.60. The van der Waals surface area contributed by atoms with E-state index < -0.39 is 0 Å². The molecule has 6 heteroatoms. The van der Waals surface area contributed by atoms with Crippen LogP contribution >= 0.6 is 11.8 Å². The second-order valence-electron chi connectivity index (χ2n) is 8.02. The first-order valence-corrected chi connectivity index (χ1v) is 10.9. The zero-order valence-corrected chi connectivity index (χ0v) is 18.1. The molecular weight excluding hydrogens is 380 g/mol. The lowest BCUT2D eigenvalue weighted by Crippen LogP contribution is -2.37. The number of hydrogen-bond acceptors (Lipinski definition) is 4. The lowest BCUT2D eigenvalue weighted by Gasteiger charge is -2.35. The second-order valence-corrected chi connectivity index (χ2v) is 8.97. The maximum atomic E-state index is 13.8. The van der Waals surface area contributed by atoms with Gasteiger partial charge in [-0.3, -0.25) is 4.79 Å². The Balaban J connectivity index is 2.07. The zero-order chi connectivity index (χ0) is 20.8. The highest BCUT2D eigenvalue weighted by Crippen LogP contribution is 2.42. The maximum Gasteiger partial charge on any atom is 0.265 e. The summed E-state index contributed by atoms with van der Waals surface area (Å²) in [6.45, 7) is 14.6. The van der Waals surface area contributed by atoms with Gasteiger partial charge in [0.05, 0.1) is 17.8 Å². The molecule has 0 amide bonds. The van der Waals surface area contributed by atoms with Crippen molar-refractivity contribution in [1.29, 1.82) is 0 Å². The topological polar surface area (TPSA) is 52.2 Å². The molecule has 1 unspecified atom stereocenters. The predicted octanol–water partition coefficient (Wildman–Crippen LogP) is 4.64. The van der Waals surface area contributed by atoms with Crippen molar-refractivity contribution in [2.24, 2.45) is 0 Å². The lowest BCUT2D eigenvalue weighted by atomic mass is 9.69.